The van der Waals surface area contributed by atoms with Gasteiger partial charge < -0.3 is 0 Å². The highest BCUT2D eigenvalue weighted by atomic mass is 35.5. The van der Waals surface area contributed by atoms with Gasteiger partial charge in [0.25, 0.3) is 0 Å². The van der Waals surface area contributed by atoms with E-state index in [4.69, 9.17) is 11.6 Å². The Morgan fingerprint density at radius 3 is 2.38 bits per heavy atom. The minimum Gasteiger partial charge on any atom is -0.299 e. The van der Waals surface area contributed by atoms with Crippen molar-refractivity contribution in [2.75, 3.05) is 15.9 Å². The van der Waals surface area contributed by atoms with Gasteiger partial charge in [-0.2, -0.15) is 0 Å². The number of benzene rings is 2. The molecule has 7 nitrogen and oxygen atoms in total. The molecule has 0 saturated carbocycles. The molecule has 0 saturated heterocycles. The van der Waals surface area contributed by atoms with E-state index in [-0.39, 0.29) is 6.42 Å². The van der Waals surface area contributed by atoms with Crippen LogP contribution >= 0.6 is 22.9 Å². The molecule has 29 heavy (non-hydrogen) atoms. The van der Waals surface area contributed by atoms with Crippen LogP contribution in [0.3, 0.4) is 0 Å². The van der Waals surface area contributed by atoms with E-state index in [1.54, 1.807) is 49.4 Å². The van der Waals surface area contributed by atoms with Gasteiger partial charge in [-0.3, -0.25) is 14.4 Å². The molecule has 0 spiro atoms. The normalized spacial score (nSPS) is 12.4. The quantitative estimate of drug-likeness (QED) is 0.586. The van der Waals surface area contributed by atoms with Crippen molar-refractivity contribution >= 4 is 49.7 Å². The second-order valence-corrected chi connectivity index (χ2v) is 9.50. The van der Waals surface area contributed by atoms with Crippen LogP contribution in [0.15, 0.2) is 54.6 Å². The topological polar surface area (TPSA) is 92.3 Å². The summed E-state index contributed by atoms with van der Waals surface area (Å²) in [6.45, 7) is 1.75. The molecule has 1 atom stereocenters. The summed E-state index contributed by atoms with van der Waals surface area (Å²) in [6.07, 6.45) is 1.37. The molecule has 152 valence electrons. The molecule has 1 amide bonds. The van der Waals surface area contributed by atoms with Crippen LogP contribution in [-0.4, -0.2) is 36.8 Å². The Morgan fingerprint density at radius 2 is 1.79 bits per heavy atom. The molecule has 0 fully saturated rings. The predicted octanol–water partition coefficient (Wildman–Crippen LogP) is 4.04. The lowest BCUT2D eigenvalue weighted by Crippen LogP contribution is -2.46. The molecule has 3 aromatic rings. The second-order valence-electron chi connectivity index (χ2n) is 6.23. The number of rotatable bonds is 7. The standard InChI is InChI=1S/C19H19ClN4O3S2/c1-3-16(24(29(2,26)27)15-7-5-4-6-8-15)17(25)21-19-23-22-18(28-19)13-9-11-14(20)12-10-13/h4-12,16H,3H2,1-2H3,(H,21,23,25)/t16-/m0/s1. The number of anilines is 2. The van der Waals surface area contributed by atoms with Crippen LogP contribution in [0.2, 0.25) is 5.02 Å². The summed E-state index contributed by atoms with van der Waals surface area (Å²) >= 11 is 7.10. The third kappa shape index (κ3) is 5.11. The first kappa shape index (κ1) is 21.2. The number of sulfonamides is 1. The van der Waals surface area contributed by atoms with Gasteiger partial charge in [0.2, 0.25) is 21.1 Å². The van der Waals surface area contributed by atoms with Gasteiger partial charge in [0.1, 0.15) is 11.0 Å². The summed E-state index contributed by atoms with van der Waals surface area (Å²) in [5, 5.41) is 12.3. The van der Waals surface area contributed by atoms with E-state index >= 15 is 0 Å². The van der Waals surface area contributed by atoms with Crippen LogP contribution in [0, 0.1) is 0 Å². The highest BCUT2D eigenvalue weighted by Crippen LogP contribution is 2.28. The zero-order valence-corrected chi connectivity index (χ0v) is 18.1. The first-order valence-corrected chi connectivity index (χ1v) is 11.8. The first-order chi connectivity index (χ1) is 13.8. The third-order valence-corrected chi connectivity index (χ3v) is 6.41. The van der Waals surface area contributed by atoms with Crippen LogP contribution in [0.25, 0.3) is 10.6 Å². The molecule has 3 rings (SSSR count). The van der Waals surface area contributed by atoms with Crippen LogP contribution in [-0.2, 0) is 14.8 Å². The molecule has 0 bridgehead atoms. The Bertz CT molecular complexity index is 1090. The summed E-state index contributed by atoms with van der Waals surface area (Å²) in [6, 6.07) is 14.7. The Kier molecular flexibility index (Phi) is 6.51. The zero-order valence-electron chi connectivity index (χ0n) is 15.7. The molecule has 1 N–H and O–H groups in total. The smallest absolute Gasteiger partial charge is 0.250 e. The fourth-order valence-corrected chi connectivity index (χ4v) is 4.90. The highest BCUT2D eigenvalue weighted by molar-refractivity contribution is 7.92. The van der Waals surface area contributed by atoms with Crippen molar-refractivity contribution in [2.45, 2.75) is 19.4 Å². The first-order valence-electron chi connectivity index (χ1n) is 8.74. The fraction of sp³-hybridized carbons (Fsp3) is 0.211. The SMILES string of the molecule is CC[C@@H](C(=O)Nc1nnc(-c2ccc(Cl)cc2)s1)N(c1ccccc1)S(C)(=O)=O. The molecule has 0 unspecified atom stereocenters. The predicted molar refractivity (Wildman–Crippen MR) is 117 cm³/mol. The third-order valence-electron chi connectivity index (χ3n) is 4.09. The van der Waals surface area contributed by atoms with Gasteiger partial charge in [0.05, 0.1) is 11.9 Å². The number of hydrogen-bond acceptors (Lipinski definition) is 6. The Labute approximate surface area is 178 Å². The number of hydrogen-bond donors (Lipinski definition) is 1. The van der Waals surface area contributed by atoms with Gasteiger partial charge in [-0.05, 0) is 30.7 Å². The summed E-state index contributed by atoms with van der Waals surface area (Å²) in [5.41, 5.74) is 1.25. The van der Waals surface area contributed by atoms with Gasteiger partial charge in [-0.25, -0.2) is 8.42 Å². The fourth-order valence-electron chi connectivity index (χ4n) is 2.81. The van der Waals surface area contributed by atoms with Crippen molar-refractivity contribution in [1.29, 1.82) is 0 Å². The maximum Gasteiger partial charge on any atom is 0.250 e. The van der Waals surface area contributed by atoms with Crippen molar-refractivity contribution in [3.05, 3.63) is 59.6 Å². The Morgan fingerprint density at radius 1 is 1.14 bits per heavy atom. The number of halogens is 1. The molecular weight excluding hydrogens is 432 g/mol. The van der Waals surface area contributed by atoms with Crippen LogP contribution in [0.5, 0.6) is 0 Å². The second kappa shape index (κ2) is 8.89. The van der Waals surface area contributed by atoms with E-state index in [1.807, 2.05) is 12.1 Å². The molecule has 2 aromatic carbocycles. The molecular formula is C19H19ClN4O3S2. The summed E-state index contributed by atoms with van der Waals surface area (Å²) < 4.78 is 26.0. The van der Waals surface area contributed by atoms with Crippen molar-refractivity contribution in [3.63, 3.8) is 0 Å². The monoisotopic (exact) mass is 450 g/mol. The van der Waals surface area contributed by atoms with E-state index in [1.165, 1.54) is 11.3 Å². The summed E-state index contributed by atoms with van der Waals surface area (Å²) in [5.74, 6) is -0.472. The van der Waals surface area contributed by atoms with E-state index in [0.29, 0.717) is 20.8 Å². The molecule has 0 aliphatic carbocycles. The van der Waals surface area contributed by atoms with Crippen LogP contribution in [0.4, 0.5) is 10.8 Å². The number of nitrogens with zero attached hydrogens (tertiary/aromatic N) is 3. The van der Waals surface area contributed by atoms with Gasteiger partial charge in [0.15, 0.2) is 0 Å². The molecule has 1 aromatic heterocycles. The Balaban J connectivity index is 1.83. The lowest BCUT2D eigenvalue weighted by atomic mass is 10.2. The van der Waals surface area contributed by atoms with Gasteiger partial charge in [0, 0.05) is 10.6 Å². The molecule has 1 heterocycles. The maximum absolute atomic E-state index is 12.9. The van der Waals surface area contributed by atoms with E-state index in [2.05, 4.69) is 15.5 Å². The number of nitrogens with one attached hydrogen (secondary N) is 1. The lowest BCUT2D eigenvalue weighted by Gasteiger charge is -2.29. The molecule has 0 radical (unpaired) electrons. The molecule has 0 aliphatic heterocycles. The minimum atomic E-state index is -3.68. The average molecular weight is 451 g/mol. The lowest BCUT2D eigenvalue weighted by molar-refractivity contribution is -0.117. The number of para-hydroxylation sites is 1. The number of carbonyl (C=O) groups is 1. The zero-order chi connectivity index (χ0) is 21.0. The maximum atomic E-state index is 12.9. The van der Waals surface area contributed by atoms with Gasteiger partial charge in [-0.1, -0.05) is 60.2 Å². The van der Waals surface area contributed by atoms with Crippen molar-refractivity contribution in [2.24, 2.45) is 0 Å². The van der Waals surface area contributed by atoms with E-state index < -0.39 is 22.0 Å². The highest BCUT2D eigenvalue weighted by Gasteiger charge is 2.32. The average Bonchev–Trinajstić information content (AvgIpc) is 3.14. The minimum absolute atomic E-state index is 0.288. The summed E-state index contributed by atoms with van der Waals surface area (Å²) in [7, 11) is -3.68. The number of carbonyl (C=O) groups excluding carboxylic acids is 1. The largest absolute Gasteiger partial charge is 0.299 e. The van der Waals surface area contributed by atoms with E-state index in [0.717, 1.165) is 16.1 Å². The number of aromatic nitrogens is 2. The number of amides is 1. The summed E-state index contributed by atoms with van der Waals surface area (Å²) in [4.78, 5) is 12.9. The van der Waals surface area contributed by atoms with E-state index in [9.17, 15) is 13.2 Å². The van der Waals surface area contributed by atoms with Gasteiger partial charge >= 0.3 is 0 Å². The Hall–Kier alpha value is -2.49. The van der Waals surface area contributed by atoms with Crippen LogP contribution < -0.4 is 9.62 Å². The van der Waals surface area contributed by atoms with Crippen molar-refractivity contribution < 1.29 is 13.2 Å². The van der Waals surface area contributed by atoms with Crippen molar-refractivity contribution in [1.82, 2.24) is 10.2 Å². The van der Waals surface area contributed by atoms with Gasteiger partial charge in [-0.15, -0.1) is 10.2 Å². The molecule has 10 heteroatoms. The molecule has 0 aliphatic rings. The van der Waals surface area contributed by atoms with Crippen LogP contribution in [0.1, 0.15) is 13.3 Å². The van der Waals surface area contributed by atoms with Crippen molar-refractivity contribution in [3.8, 4) is 10.6 Å².